The van der Waals surface area contributed by atoms with E-state index in [-0.39, 0.29) is 36.8 Å². The average molecular weight is 460 g/mol. The summed E-state index contributed by atoms with van der Waals surface area (Å²) in [6, 6.07) is 4.89. The van der Waals surface area contributed by atoms with Gasteiger partial charge in [0.1, 0.15) is 6.04 Å². The fourth-order valence-electron chi connectivity index (χ4n) is 4.24. The Bertz CT molecular complexity index is 877. The molecule has 0 aliphatic carbocycles. The van der Waals surface area contributed by atoms with Crippen LogP contribution in [0.25, 0.3) is 0 Å². The van der Waals surface area contributed by atoms with Gasteiger partial charge in [0.25, 0.3) is 0 Å². The third-order valence-electron chi connectivity index (χ3n) is 5.79. The number of nitrogens with one attached hydrogen (secondary N) is 2. The summed E-state index contributed by atoms with van der Waals surface area (Å²) < 4.78 is 5.02. The summed E-state index contributed by atoms with van der Waals surface area (Å²) in [4.78, 5) is 55.2. The maximum Gasteiger partial charge on any atom is 0.409 e. The molecule has 1 atom stereocenters. The summed E-state index contributed by atoms with van der Waals surface area (Å²) in [6.45, 7) is 8.89. The van der Waals surface area contributed by atoms with Gasteiger partial charge in [0.15, 0.2) is 0 Å². The summed E-state index contributed by atoms with van der Waals surface area (Å²) in [5.41, 5.74) is 2.73. The average Bonchev–Trinajstić information content (AvgIpc) is 2.75. The van der Waals surface area contributed by atoms with Gasteiger partial charge >= 0.3 is 6.09 Å². The molecule has 4 amide bonds. The Morgan fingerprint density at radius 2 is 1.73 bits per heavy atom. The minimum absolute atomic E-state index is 0.110. The molecule has 1 aromatic carbocycles. The molecular weight excluding hydrogens is 426 g/mol. The second-order valence-corrected chi connectivity index (χ2v) is 8.48. The van der Waals surface area contributed by atoms with Crippen LogP contribution in [0.15, 0.2) is 18.2 Å². The number of piperazine rings is 2. The van der Waals surface area contributed by atoms with E-state index >= 15 is 0 Å². The van der Waals surface area contributed by atoms with Gasteiger partial charge in [-0.15, -0.1) is 0 Å². The van der Waals surface area contributed by atoms with E-state index in [1.807, 2.05) is 36.9 Å². The highest BCUT2D eigenvalue weighted by Gasteiger charge is 2.35. The monoisotopic (exact) mass is 459 g/mol. The number of amides is 4. The Morgan fingerprint density at radius 1 is 1.06 bits per heavy atom. The van der Waals surface area contributed by atoms with Crippen molar-refractivity contribution < 1.29 is 23.9 Å². The molecule has 2 aliphatic heterocycles. The molecule has 33 heavy (non-hydrogen) atoms. The predicted octanol–water partition coefficient (Wildman–Crippen LogP) is 0.733. The molecular formula is C23H33N5O5. The van der Waals surface area contributed by atoms with Gasteiger partial charge < -0.3 is 25.2 Å². The first-order valence-electron chi connectivity index (χ1n) is 11.4. The smallest absolute Gasteiger partial charge is 0.409 e. The normalized spacial score (nSPS) is 19.1. The fourth-order valence-corrected chi connectivity index (χ4v) is 4.24. The summed E-state index contributed by atoms with van der Waals surface area (Å²) in [5.74, 6) is -0.834. The van der Waals surface area contributed by atoms with Crippen LogP contribution in [-0.4, -0.2) is 97.0 Å². The first kappa shape index (κ1) is 24.5. The maximum absolute atomic E-state index is 13.0. The lowest BCUT2D eigenvalue weighted by Gasteiger charge is -2.38. The molecule has 2 heterocycles. The Labute approximate surface area is 194 Å². The van der Waals surface area contributed by atoms with Gasteiger partial charge in [-0.25, -0.2) is 4.79 Å². The Morgan fingerprint density at radius 3 is 2.36 bits per heavy atom. The summed E-state index contributed by atoms with van der Waals surface area (Å²) in [7, 11) is 0. The molecule has 10 heteroatoms. The van der Waals surface area contributed by atoms with Gasteiger partial charge in [-0.2, -0.15) is 0 Å². The molecule has 0 radical (unpaired) electrons. The standard InChI is InChI=1S/C23H33N5O5/c1-4-33-23(32)27-9-7-26(8-10-27)15-21(30)28-6-5-24-22(31)19(28)14-20(29)25-18-12-16(2)11-17(3)13-18/h11-13,19H,4-10,14-15H2,1-3H3,(H,24,31)(H,25,29)/t19-/m1/s1. The van der Waals surface area contributed by atoms with Gasteiger partial charge in [-0.05, 0) is 44.0 Å². The lowest BCUT2D eigenvalue weighted by Crippen LogP contribution is -2.60. The lowest BCUT2D eigenvalue weighted by atomic mass is 10.1. The van der Waals surface area contributed by atoms with Crippen molar-refractivity contribution >= 4 is 29.5 Å². The molecule has 2 saturated heterocycles. The maximum atomic E-state index is 13.0. The third-order valence-corrected chi connectivity index (χ3v) is 5.79. The summed E-state index contributed by atoms with van der Waals surface area (Å²) in [5, 5.41) is 5.60. The number of nitrogens with zero attached hydrogens (tertiary/aromatic N) is 3. The van der Waals surface area contributed by atoms with Crippen LogP contribution in [0.2, 0.25) is 0 Å². The van der Waals surface area contributed by atoms with E-state index in [0.717, 1.165) is 11.1 Å². The minimum atomic E-state index is -0.849. The van der Waals surface area contributed by atoms with Gasteiger partial charge in [0.05, 0.1) is 19.6 Å². The Kier molecular flexibility index (Phi) is 8.26. The molecule has 0 aromatic heterocycles. The van der Waals surface area contributed by atoms with Gasteiger partial charge in [0, 0.05) is 45.0 Å². The highest BCUT2D eigenvalue weighted by atomic mass is 16.6. The van der Waals surface area contributed by atoms with E-state index in [9.17, 15) is 19.2 Å². The molecule has 0 saturated carbocycles. The van der Waals surface area contributed by atoms with Crippen LogP contribution < -0.4 is 10.6 Å². The molecule has 2 aliphatic rings. The van der Waals surface area contributed by atoms with E-state index in [2.05, 4.69) is 10.6 Å². The largest absolute Gasteiger partial charge is 0.450 e. The van der Waals surface area contributed by atoms with E-state index in [0.29, 0.717) is 51.6 Å². The van der Waals surface area contributed by atoms with Crippen LogP contribution >= 0.6 is 0 Å². The minimum Gasteiger partial charge on any atom is -0.450 e. The molecule has 0 unspecified atom stereocenters. The van der Waals surface area contributed by atoms with Crippen molar-refractivity contribution in [3.8, 4) is 0 Å². The first-order chi connectivity index (χ1) is 15.8. The molecule has 1 aromatic rings. The van der Waals surface area contributed by atoms with Gasteiger partial charge in [-0.3, -0.25) is 19.3 Å². The highest BCUT2D eigenvalue weighted by Crippen LogP contribution is 2.16. The molecule has 3 rings (SSSR count). The lowest BCUT2D eigenvalue weighted by molar-refractivity contribution is -0.145. The van der Waals surface area contributed by atoms with Crippen molar-refractivity contribution in [2.24, 2.45) is 0 Å². The van der Waals surface area contributed by atoms with E-state index in [1.54, 1.807) is 11.8 Å². The van der Waals surface area contributed by atoms with Crippen molar-refractivity contribution in [2.45, 2.75) is 33.2 Å². The van der Waals surface area contributed by atoms with Crippen molar-refractivity contribution in [1.82, 2.24) is 20.0 Å². The summed E-state index contributed by atoms with van der Waals surface area (Å²) >= 11 is 0. The van der Waals surface area contributed by atoms with Crippen molar-refractivity contribution in [3.63, 3.8) is 0 Å². The number of benzene rings is 1. The zero-order chi connectivity index (χ0) is 24.0. The van der Waals surface area contributed by atoms with Crippen LogP contribution in [-0.2, 0) is 19.1 Å². The van der Waals surface area contributed by atoms with E-state index < -0.39 is 6.04 Å². The van der Waals surface area contributed by atoms with Gasteiger partial charge in [-0.1, -0.05) is 6.07 Å². The quantitative estimate of drug-likeness (QED) is 0.649. The number of carbonyl (C=O) groups is 4. The van der Waals surface area contributed by atoms with Crippen LogP contribution in [0.4, 0.5) is 10.5 Å². The first-order valence-corrected chi connectivity index (χ1v) is 11.4. The van der Waals surface area contributed by atoms with E-state index in [1.165, 1.54) is 4.90 Å². The molecule has 2 fully saturated rings. The number of aryl methyl sites for hydroxylation is 2. The number of hydrogen-bond donors (Lipinski definition) is 2. The van der Waals surface area contributed by atoms with Crippen LogP contribution in [0, 0.1) is 13.8 Å². The number of rotatable bonds is 6. The molecule has 180 valence electrons. The second-order valence-electron chi connectivity index (χ2n) is 8.48. The Balaban J connectivity index is 1.57. The highest BCUT2D eigenvalue weighted by molar-refractivity contribution is 5.97. The zero-order valence-corrected chi connectivity index (χ0v) is 19.6. The SMILES string of the molecule is CCOC(=O)N1CCN(CC(=O)N2CCNC(=O)[C@H]2CC(=O)Nc2cc(C)cc(C)c2)CC1. The van der Waals surface area contributed by atoms with Crippen LogP contribution in [0.1, 0.15) is 24.5 Å². The van der Waals surface area contributed by atoms with Gasteiger partial charge in [0.2, 0.25) is 17.7 Å². The molecule has 10 nitrogen and oxygen atoms in total. The second kappa shape index (κ2) is 11.1. The molecule has 0 spiro atoms. The van der Waals surface area contributed by atoms with Crippen molar-refractivity contribution in [1.29, 1.82) is 0 Å². The molecule has 0 bridgehead atoms. The van der Waals surface area contributed by atoms with E-state index in [4.69, 9.17) is 4.74 Å². The topological polar surface area (TPSA) is 111 Å². The van der Waals surface area contributed by atoms with Crippen molar-refractivity contribution in [3.05, 3.63) is 29.3 Å². The predicted molar refractivity (Wildman–Crippen MR) is 123 cm³/mol. The Hall–Kier alpha value is -3.14. The van der Waals surface area contributed by atoms with Crippen LogP contribution in [0.5, 0.6) is 0 Å². The fraction of sp³-hybridized carbons (Fsp3) is 0.565. The summed E-state index contributed by atoms with van der Waals surface area (Å²) in [6.07, 6.45) is -0.452. The number of carbonyl (C=O) groups excluding carboxylic acids is 4. The van der Waals surface area contributed by atoms with Crippen LogP contribution in [0.3, 0.4) is 0 Å². The zero-order valence-electron chi connectivity index (χ0n) is 19.6. The number of ether oxygens (including phenoxy) is 1. The number of hydrogen-bond acceptors (Lipinski definition) is 6. The third kappa shape index (κ3) is 6.67. The molecule has 2 N–H and O–H groups in total. The van der Waals surface area contributed by atoms with Crippen molar-refractivity contribution in [2.75, 3.05) is 57.7 Å². The number of anilines is 1.